The molecule has 4 atom stereocenters. The van der Waals surface area contributed by atoms with Crippen molar-refractivity contribution < 1.29 is 32.1 Å². The number of carbonyl (C=O) groups excluding carboxylic acids is 1. The lowest BCUT2D eigenvalue weighted by atomic mass is 9.52. The maximum absolute atomic E-state index is 13.3. The number of likely N-dealkylation sites (tertiary alicyclic amines) is 1. The summed E-state index contributed by atoms with van der Waals surface area (Å²) in [6.07, 6.45) is -8.00. The second-order valence-corrected chi connectivity index (χ2v) is 6.01. The number of rotatable bonds is 1. The van der Waals surface area contributed by atoms with E-state index in [-0.39, 0.29) is 18.5 Å². The summed E-state index contributed by atoms with van der Waals surface area (Å²) in [5.74, 6) is -3.56. The number of hydrogen-bond donors (Lipinski definition) is 0. The number of methoxy groups -OCH3 is 1. The van der Waals surface area contributed by atoms with Gasteiger partial charge in [0.05, 0.1) is 13.9 Å². The molecule has 1 aromatic rings. The minimum Gasteiger partial charge on any atom is -0.493 e. The van der Waals surface area contributed by atoms with Crippen LogP contribution in [0.4, 0.5) is 0 Å². The van der Waals surface area contributed by atoms with Gasteiger partial charge < -0.3 is 14.4 Å². The lowest BCUT2D eigenvalue weighted by Crippen LogP contribution is -2.65. The first-order chi connectivity index (χ1) is 15.7. The van der Waals surface area contributed by atoms with Crippen molar-refractivity contribution in [3.63, 3.8) is 0 Å². The number of ether oxygens (including phenoxy) is 2. The van der Waals surface area contributed by atoms with Crippen LogP contribution in [0.2, 0.25) is 0 Å². The summed E-state index contributed by atoms with van der Waals surface area (Å²) in [6.45, 7) is -3.33. The van der Waals surface area contributed by atoms with E-state index in [4.69, 9.17) is 25.9 Å². The normalized spacial score (nSPS) is 56.2. The summed E-state index contributed by atoms with van der Waals surface area (Å²) in [5, 5.41) is 0. The highest BCUT2D eigenvalue weighted by Crippen LogP contribution is 2.62. The Balaban J connectivity index is 1.93. The van der Waals surface area contributed by atoms with Gasteiger partial charge in [-0.05, 0) is 50.3 Å². The quantitative estimate of drug-likeness (QED) is 0.794. The molecule has 4 heteroatoms. The van der Waals surface area contributed by atoms with Crippen LogP contribution in [0.1, 0.15) is 48.2 Å². The molecule has 5 rings (SSSR count). The molecule has 1 spiro atoms. The average Bonchev–Trinajstić information content (AvgIpc) is 3.00. The zero-order valence-corrected chi connectivity index (χ0v) is 11.4. The third-order valence-electron chi connectivity index (χ3n) is 5.22. The number of nitrogens with zero attached hydrogens (tertiary/aromatic N) is 1. The minimum atomic E-state index is -3.09. The molecule has 1 saturated carbocycles. The lowest BCUT2D eigenvalue weighted by molar-refractivity contribution is -0.138. The lowest BCUT2D eigenvalue weighted by Gasteiger charge is -2.57. The molecule has 2 bridgehead atoms. The average molecular weight is 312 g/mol. The molecule has 4 aliphatic rings. The molecule has 116 valence electrons. The Hall–Kier alpha value is -1.55. The Morgan fingerprint density at radius 3 is 3.45 bits per heavy atom. The number of hydrogen-bond acceptors (Lipinski definition) is 4. The molecule has 1 unspecified atom stereocenters. The van der Waals surface area contributed by atoms with Gasteiger partial charge in [0.1, 0.15) is 0 Å². The van der Waals surface area contributed by atoms with E-state index >= 15 is 0 Å². The molecule has 1 aromatic carbocycles. The van der Waals surface area contributed by atoms with E-state index in [1.54, 1.807) is 0 Å². The van der Waals surface area contributed by atoms with Crippen molar-refractivity contribution in [2.75, 3.05) is 20.6 Å². The highest BCUT2D eigenvalue weighted by molar-refractivity contribution is 5.89. The Morgan fingerprint density at radius 2 is 2.59 bits per heavy atom. The molecule has 2 aliphatic heterocycles. The van der Waals surface area contributed by atoms with E-state index in [2.05, 4.69) is 0 Å². The van der Waals surface area contributed by atoms with Crippen molar-refractivity contribution >= 4 is 5.78 Å². The number of carbonyl (C=O) groups is 1. The number of likely N-dealkylation sites (N-methyl/N-ethyl adjacent to an activating group) is 1. The molecule has 0 radical (unpaired) electrons. The molecular weight excluding hydrogens is 278 g/mol. The van der Waals surface area contributed by atoms with Crippen LogP contribution in [0.25, 0.3) is 0 Å². The standard InChI is InChI=1S/C18H21NO3/c1-19-8-7-18-11-4-5-13(20)17(18)22-16-14(21-2)6-3-10(15(16)18)9-12(11)19/h3,6,11-12,17H,4-5,7-9H2,1-2H3/t11-,12+,17?,18-/m0/s1/i1D3,2D3,3D,5D2,6D,9D2,12D. The van der Waals surface area contributed by atoms with Gasteiger partial charge in [-0.2, -0.15) is 0 Å². The molecule has 0 N–H and O–H groups in total. The van der Waals surface area contributed by atoms with Crippen molar-refractivity contribution in [3.05, 3.63) is 23.2 Å². The number of benzene rings is 1. The van der Waals surface area contributed by atoms with Crippen LogP contribution >= 0.6 is 0 Å². The van der Waals surface area contributed by atoms with Gasteiger partial charge >= 0.3 is 0 Å². The SMILES string of the molecule is [2H]c1c([2H])c2c3c(c1OC([2H])([2H])[2H])OC1C(=O)C([2H])([2H])C[C@@H]4[C@@]31CCN(C([2H])([2H])[2H])[C@]4([2H])C2([2H])[2H]. The summed E-state index contributed by atoms with van der Waals surface area (Å²) < 4.78 is 118. The van der Waals surface area contributed by atoms with Crippen molar-refractivity contribution in [1.82, 2.24) is 4.90 Å². The fourth-order valence-electron chi connectivity index (χ4n) is 4.32. The predicted octanol–water partition coefficient (Wildman–Crippen LogP) is 1.93. The zero-order valence-electron chi connectivity index (χ0n) is 24.4. The second-order valence-electron chi connectivity index (χ2n) is 6.01. The fraction of sp³-hybridized carbons (Fsp3) is 0.611. The van der Waals surface area contributed by atoms with Gasteiger partial charge in [-0.3, -0.25) is 4.79 Å². The molecule has 2 aliphatic carbocycles. The first-order valence-electron chi connectivity index (χ1n) is 13.6. The van der Waals surface area contributed by atoms with Crippen molar-refractivity contribution in [2.45, 2.75) is 43.1 Å². The van der Waals surface area contributed by atoms with Gasteiger partial charge in [0.25, 0.3) is 0 Å². The molecule has 1 saturated heterocycles. The van der Waals surface area contributed by atoms with E-state index in [1.807, 2.05) is 0 Å². The Morgan fingerprint density at radius 1 is 1.64 bits per heavy atom. The molecule has 2 heterocycles. The van der Waals surface area contributed by atoms with Crippen molar-refractivity contribution in [2.24, 2.45) is 5.92 Å². The third-order valence-corrected chi connectivity index (χ3v) is 5.22. The smallest absolute Gasteiger partial charge is 0.174 e. The van der Waals surface area contributed by atoms with Gasteiger partial charge in [-0.1, -0.05) is 6.04 Å². The largest absolute Gasteiger partial charge is 0.493 e. The van der Waals surface area contributed by atoms with Gasteiger partial charge in [0.15, 0.2) is 23.4 Å². The van der Waals surface area contributed by atoms with Crippen LogP contribution in [-0.2, 0) is 16.6 Å². The predicted molar refractivity (Wildman–Crippen MR) is 81.6 cm³/mol. The van der Waals surface area contributed by atoms with Gasteiger partial charge in [0, 0.05) is 34.3 Å². The van der Waals surface area contributed by atoms with Crippen molar-refractivity contribution in [3.8, 4) is 11.5 Å². The van der Waals surface area contributed by atoms with Gasteiger partial charge in [-0.15, -0.1) is 0 Å². The molecule has 0 aromatic heterocycles. The molecule has 22 heavy (non-hydrogen) atoms. The van der Waals surface area contributed by atoms with Crippen LogP contribution in [0.15, 0.2) is 12.1 Å². The maximum Gasteiger partial charge on any atom is 0.174 e. The van der Waals surface area contributed by atoms with Crippen LogP contribution in [0.5, 0.6) is 11.5 Å². The van der Waals surface area contributed by atoms with Crippen LogP contribution < -0.4 is 9.47 Å². The van der Waals surface area contributed by atoms with E-state index in [0.29, 0.717) is 4.90 Å². The van der Waals surface area contributed by atoms with E-state index in [1.165, 1.54) is 0 Å². The molecule has 0 amide bonds. The van der Waals surface area contributed by atoms with Gasteiger partial charge in [0.2, 0.25) is 0 Å². The first-order valence-corrected chi connectivity index (χ1v) is 7.09. The summed E-state index contributed by atoms with van der Waals surface area (Å²) >= 11 is 0. The highest BCUT2D eigenvalue weighted by Gasteiger charge is 2.65. The van der Waals surface area contributed by atoms with E-state index in [9.17, 15) is 6.17 Å². The monoisotopic (exact) mass is 312 g/mol. The fourth-order valence-corrected chi connectivity index (χ4v) is 4.32. The Kier molecular flexibility index (Phi) is 1.01. The zero-order chi connectivity index (χ0) is 26.3. The molecular formula is C18H21NO3. The minimum absolute atomic E-state index is 0.102. The summed E-state index contributed by atoms with van der Waals surface area (Å²) in [6, 6.07) is -4.32. The summed E-state index contributed by atoms with van der Waals surface area (Å²) in [4.78, 5) is 13.9. The van der Waals surface area contributed by atoms with Crippen molar-refractivity contribution in [1.29, 1.82) is 0 Å². The number of piperidine rings is 1. The second kappa shape index (κ2) is 4.05. The highest BCUT2D eigenvalue weighted by atomic mass is 16.5. The number of ketones is 1. The third kappa shape index (κ3) is 1.27. The van der Waals surface area contributed by atoms with Crippen LogP contribution in [0, 0.1) is 5.92 Å². The topological polar surface area (TPSA) is 38.8 Å². The number of Topliss-reactive ketones (excluding diaryl/α,β-unsaturated/α-hetero) is 1. The van der Waals surface area contributed by atoms with E-state index in [0.717, 1.165) is 0 Å². The molecule has 4 nitrogen and oxygen atoms in total. The maximum atomic E-state index is 13.3. The van der Waals surface area contributed by atoms with Crippen LogP contribution in [-0.4, -0.2) is 43.4 Å². The van der Waals surface area contributed by atoms with E-state index < -0.39 is 91.6 Å². The Bertz CT molecular complexity index is 1160. The molecule has 2 fully saturated rings. The Labute approximate surface area is 148 Å². The summed E-state index contributed by atoms with van der Waals surface area (Å²) in [7, 11) is -3.09. The first kappa shape index (κ1) is 5.52. The van der Waals surface area contributed by atoms with Gasteiger partial charge in [-0.25, -0.2) is 0 Å². The summed E-state index contributed by atoms with van der Waals surface area (Å²) in [5.41, 5.74) is -2.23. The van der Waals surface area contributed by atoms with Crippen LogP contribution in [0.3, 0.4) is 0 Å².